The normalized spacial score (nSPS) is 9.08. The molecule has 1 N–H and O–H groups in total. The van der Waals surface area contributed by atoms with Crippen LogP contribution < -0.4 is 5.32 Å². The highest BCUT2D eigenvalue weighted by atomic mass is 79.9. The average Bonchev–Trinajstić information content (AvgIpc) is 2.16. The van der Waals surface area contributed by atoms with Gasteiger partial charge >= 0.3 is 6.09 Å². The Bertz CT molecular complexity index is 250. The Labute approximate surface area is 79.2 Å². The molecule has 0 saturated carbocycles. The third-order valence-electron chi connectivity index (χ3n) is 1.35. The quantitative estimate of drug-likeness (QED) is 0.845. The van der Waals surface area contributed by atoms with Crippen LogP contribution >= 0.6 is 16.3 Å². The molecular formula is C8H8BrNO2. The van der Waals surface area contributed by atoms with E-state index >= 15 is 0 Å². The van der Waals surface area contributed by atoms with Gasteiger partial charge in [0.25, 0.3) is 0 Å². The predicted molar refractivity (Wildman–Crippen MR) is 48.7 cm³/mol. The topological polar surface area (TPSA) is 38.3 Å². The molecule has 1 aromatic rings. The van der Waals surface area contributed by atoms with Crippen LogP contribution in [0.1, 0.15) is 5.56 Å². The SMILES string of the molecule is O=C(NCc1ccccc1)OBr. The highest BCUT2D eigenvalue weighted by Crippen LogP contribution is 1.97. The van der Waals surface area contributed by atoms with Gasteiger partial charge in [0, 0.05) is 6.54 Å². The summed E-state index contributed by atoms with van der Waals surface area (Å²) in [5.74, 6) is 0. The van der Waals surface area contributed by atoms with Crippen LogP contribution in [-0.4, -0.2) is 6.09 Å². The molecule has 0 unspecified atom stereocenters. The van der Waals surface area contributed by atoms with E-state index in [-0.39, 0.29) is 0 Å². The third kappa shape index (κ3) is 2.92. The average molecular weight is 230 g/mol. The number of carbonyl (C=O) groups is 1. The lowest BCUT2D eigenvalue weighted by Crippen LogP contribution is -2.20. The van der Waals surface area contributed by atoms with E-state index in [0.29, 0.717) is 6.54 Å². The first-order chi connectivity index (χ1) is 5.83. The van der Waals surface area contributed by atoms with Crippen molar-refractivity contribution in [2.45, 2.75) is 6.54 Å². The molecule has 0 fully saturated rings. The van der Waals surface area contributed by atoms with Gasteiger partial charge in [-0.3, -0.25) is 0 Å². The van der Waals surface area contributed by atoms with Gasteiger partial charge in [0.2, 0.25) is 0 Å². The van der Waals surface area contributed by atoms with Crippen molar-refractivity contribution >= 4 is 22.4 Å². The van der Waals surface area contributed by atoms with E-state index in [1.807, 2.05) is 30.3 Å². The maximum absolute atomic E-state index is 10.6. The molecule has 0 radical (unpaired) electrons. The molecule has 0 saturated heterocycles. The number of rotatable bonds is 2. The molecule has 1 amide bonds. The van der Waals surface area contributed by atoms with Crippen LogP contribution in [0.15, 0.2) is 30.3 Å². The lowest BCUT2D eigenvalue weighted by Gasteiger charge is -2.00. The van der Waals surface area contributed by atoms with E-state index in [1.165, 1.54) is 0 Å². The van der Waals surface area contributed by atoms with E-state index in [1.54, 1.807) is 0 Å². The van der Waals surface area contributed by atoms with Crippen LogP contribution in [-0.2, 0) is 10.4 Å². The van der Waals surface area contributed by atoms with Crippen molar-refractivity contribution in [3.05, 3.63) is 35.9 Å². The number of hydrogen-bond acceptors (Lipinski definition) is 2. The zero-order valence-electron chi connectivity index (χ0n) is 6.29. The first kappa shape index (κ1) is 9.06. The molecule has 0 bridgehead atoms. The van der Waals surface area contributed by atoms with Gasteiger partial charge < -0.3 is 9.15 Å². The first-order valence-electron chi connectivity index (χ1n) is 3.43. The van der Waals surface area contributed by atoms with E-state index < -0.39 is 6.09 Å². The van der Waals surface area contributed by atoms with Crippen molar-refractivity contribution in [2.75, 3.05) is 0 Å². The van der Waals surface area contributed by atoms with Gasteiger partial charge in [-0.1, -0.05) is 30.3 Å². The van der Waals surface area contributed by atoms with E-state index in [4.69, 9.17) is 0 Å². The second-order valence-electron chi connectivity index (χ2n) is 2.20. The van der Waals surface area contributed by atoms with Gasteiger partial charge in [-0.05, 0) is 5.56 Å². The number of amides is 1. The summed E-state index contributed by atoms with van der Waals surface area (Å²) in [7, 11) is 0. The van der Waals surface area contributed by atoms with Crippen LogP contribution in [0.4, 0.5) is 4.79 Å². The van der Waals surface area contributed by atoms with Gasteiger partial charge in [0.15, 0.2) is 16.3 Å². The molecule has 1 aromatic carbocycles. The first-order valence-corrected chi connectivity index (χ1v) is 4.08. The monoisotopic (exact) mass is 229 g/mol. The molecule has 0 heterocycles. The Hall–Kier alpha value is -1.03. The Morgan fingerprint density at radius 1 is 1.42 bits per heavy atom. The number of benzene rings is 1. The number of carbonyl (C=O) groups excluding carboxylic acids is 1. The molecular weight excluding hydrogens is 222 g/mol. The standard InChI is InChI=1S/C8H8BrNO2/c9-12-8(11)10-6-7-4-2-1-3-5-7/h1-5H,6H2,(H,10,11). The minimum atomic E-state index is -0.487. The Morgan fingerprint density at radius 2 is 2.08 bits per heavy atom. The van der Waals surface area contributed by atoms with Crippen molar-refractivity contribution in [3.63, 3.8) is 0 Å². The lowest BCUT2D eigenvalue weighted by molar-refractivity contribution is 0.211. The van der Waals surface area contributed by atoms with Gasteiger partial charge in [-0.15, -0.1) is 0 Å². The maximum atomic E-state index is 10.6. The molecule has 0 atom stereocenters. The molecule has 0 aliphatic rings. The zero-order valence-corrected chi connectivity index (χ0v) is 7.87. The Kier molecular flexibility index (Phi) is 3.60. The van der Waals surface area contributed by atoms with Crippen LogP contribution in [0.3, 0.4) is 0 Å². The fraction of sp³-hybridized carbons (Fsp3) is 0.125. The zero-order chi connectivity index (χ0) is 8.81. The summed E-state index contributed by atoms with van der Waals surface area (Å²) in [4.78, 5) is 10.6. The maximum Gasteiger partial charge on any atom is 0.419 e. The van der Waals surface area contributed by atoms with Crippen LogP contribution in [0.2, 0.25) is 0 Å². The molecule has 0 aromatic heterocycles. The Morgan fingerprint density at radius 3 is 2.67 bits per heavy atom. The largest absolute Gasteiger partial charge is 0.419 e. The van der Waals surface area contributed by atoms with Crippen molar-refractivity contribution in [1.82, 2.24) is 5.32 Å². The van der Waals surface area contributed by atoms with Crippen molar-refractivity contribution in [3.8, 4) is 0 Å². The molecule has 4 heteroatoms. The second-order valence-corrected chi connectivity index (χ2v) is 2.53. The third-order valence-corrected chi connectivity index (χ3v) is 1.64. The minimum Gasteiger partial charge on any atom is -0.367 e. The smallest absolute Gasteiger partial charge is 0.367 e. The summed E-state index contributed by atoms with van der Waals surface area (Å²) in [6.45, 7) is 0.477. The molecule has 0 aliphatic heterocycles. The lowest BCUT2D eigenvalue weighted by atomic mass is 10.2. The molecule has 1 rings (SSSR count). The second kappa shape index (κ2) is 4.77. The van der Waals surface area contributed by atoms with E-state index in [2.05, 4.69) is 25.4 Å². The highest BCUT2D eigenvalue weighted by molar-refractivity contribution is 9.06. The van der Waals surface area contributed by atoms with Crippen LogP contribution in [0.5, 0.6) is 0 Å². The summed E-state index contributed by atoms with van der Waals surface area (Å²) in [6, 6.07) is 9.60. The summed E-state index contributed by atoms with van der Waals surface area (Å²) in [5, 5.41) is 2.54. The minimum absolute atomic E-state index is 0.477. The molecule has 0 spiro atoms. The summed E-state index contributed by atoms with van der Waals surface area (Å²) in [6.07, 6.45) is -0.487. The fourth-order valence-electron chi connectivity index (χ4n) is 0.797. The molecule has 64 valence electrons. The highest BCUT2D eigenvalue weighted by Gasteiger charge is 1.97. The van der Waals surface area contributed by atoms with Crippen molar-refractivity contribution in [1.29, 1.82) is 0 Å². The molecule has 3 nitrogen and oxygen atoms in total. The van der Waals surface area contributed by atoms with E-state index in [9.17, 15) is 4.79 Å². The number of halogens is 1. The van der Waals surface area contributed by atoms with Crippen molar-refractivity contribution < 1.29 is 8.62 Å². The molecule has 0 aliphatic carbocycles. The summed E-state index contributed by atoms with van der Waals surface area (Å²) >= 11 is 2.58. The van der Waals surface area contributed by atoms with Gasteiger partial charge in [0.05, 0.1) is 0 Å². The summed E-state index contributed by atoms with van der Waals surface area (Å²) in [5.41, 5.74) is 1.04. The van der Waals surface area contributed by atoms with Crippen LogP contribution in [0, 0.1) is 0 Å². The predicted octanol–water partition coefficient (Wildman–Crippen LogP) is 2.22. The molecule has 12 heavy (non-hydrogen) atoms. The Balaban J connectivity index is 2.38. The van der Waals surface area contributed by atoms with Gasteiger partial charge in [-0.25, -0.2) is 4.79 Å². The number of hydrogen-bond donors (Lipinski definition) is 1. The van der Waals surface area contributed by atoms with Gasteiger partial charge in [0.1, 0.15) is 0 Å². The van der Waals surface area contributed by atoms with Crippen molar-refractivity contribution in [2.24, 2.45) is 0 Å². The summed E-state index contributed by atoms with van der Waals surface area (Å²) < 4.78 is 4.23. The number of nitrogens with one attached hydrogen (secondary N) is 1. The van der Waals surface area contributed by atoms with Gasteiger partial charge in [-0.2, -0.15) is 0 Å². The van der Waals surface area contributed by atoms with E-state index in [0.717, 1.165) is 5.56 Å². The van der Waals surface area contributed by atoms with Crippen LogP contribution in [0.25, 0.3) is 0 Å². The fourth-order valence-corrected chi connectivity index (χ4v) is 0.912.